The zero-order chi connectivity index (χ0) is 70.7. The van der Waals surface area contributed by atoms with E-state index in [0.717, 1.165) is 34.1 Å². The van der Waals surface area contributed by atoms with Gasteiger partial charge in [-0.15, -0.1) is 0 Å². The molecule has 0 spiro atoms. The summed E-state index contributed by atoms with van der Waals surface area (Å²) in [7, 11) is 0. The number of hydrogen-bond acceptors (Lipinski definition) is 2. The Kier molecular flexibility index (Phi) is 14.9. The molecule has 2 heterocycles. The van der Waals surface area contributed by atoms with Crippen molar-refractivity contribution in [3.05, 3.63) is 397 Å². The van der Waals surface area contributed by atoms with Crippen LogP contribution in [-0.2, 0) is 16.2 Å². The summed E-state index contributed by atoms with van der Waals surface area (Å²) in [6.45, 7) is 14.2. The van der Waals surface area contributed by atoms with Crippen molar-refractivity contribution < 1.29 is 0 Å². The standard InChI is InChI=1S/C56H44N2.C45H34N2/c1-55(2)49-21-13-11-19-45(49)46-33-32-44(36-51(46)55)57(41-17-9-6-10-18-41)42-28-25-39(26-29-42)40-27-34-52-48(35-40)53-54(47-20-12-14-22-50(47)56(53,3)4)58(52)43-30-23-38(24-31-43)37-15-7-5-8-16-37;1-45(2)41-20-12-11-19-39(41)44-43(45)40-30-34(24-28-42(40)47(44)38-27-23-31-13-9-10-14-33(31)29-38)32-21-25-37(26-22-32)46(35-15-5-3-6-16-35)36-17-7-4-8-18-36/h5-36H,1-4H3;3-30H,1-2H3. The van der Waals surface area contributed by atoms with E-state index < -0.39 is 0 Å². The first-order chi connectivity index (χ1) is 51.4. The number of anilines is 6. The minimum Gasteiger partial charge on any atom is -0.311 e. The van der Waals surface area contributed by atoms with E-state index in [-0.39, 0.29) is 16.2 Å². The highest BCUT2D eigenvalue weighted by Gasteiger charge is 2.43. The van der Waals surface area contributed by atoms with Crippen molar-refractivity contribution in [1.82, 2.24) is 9.13 Å². The molecule has 0 aliphatic heterocycles. The average molecular weight is 1350 g/mol. The highest BCUT2D eigenvalue weighted by atomic mass is 15.1. The van der Waals surface area contributed by atoms with Gasteiger partial charge >= 0.3 is 0 Å². The molecule has 0 saturated carbocycles. The molecule has 0 fully saturated rings. The average Bonchev–Trinajstić information content (AvgIpc) is 1.56. The van der Waals surface area contributed by atoms with Gasteiger partial charge < -0.3 is 18.9 Å². The third-order valence-corrected chi connectivity index (χ3v) is 22.9. The predicted molar refractivity (Wildman–Crippen MR) is 442 cm³/mol. The Labute approximate surface area is 615 Å². The molecule has 3 aliphatic carbocycles. The maximum atomic E-state index is 2.50. The summed E-state index contributed by atoms with van der Waals surface area (Å²) in [6, 6.07) is 133. The van der Waals surface area contributed by atoms with Crippen LogP contribution in [0.25, 0.3) is 111 Å². The van der Waals surface area contributed by atoms with Crippen LogP contribution >= 0.6 is 0 Å². The number of benzene rings is 15. The van der Waals surface area contributed by atoms with Gasteiger partial charge in [-0.1, -0.05) is 284 Å². The fourth-order valence-corrected chi connectivity index (χ4v) is 17.8. The maximum absolute atomic E-state index is 2.50. The molecule has 3 aliphatic rings. The molecule has 4 nitrogen and oxygen atoms in total. The summed E-state index contributed by atoms with van der Waals surface area (Å²) in [6.07, 6.45) is 0. The number of rotatable bonds is 11. The molecule has 17 aromatic rings. The van der Waals surface area contributed by atoms with Gasteiger partial charge in [0.15, 0.2) is 0 Å². The highest BCUT2D eigenvalue weighted by molar-refractivity contribution is 6.03. The maximum Gasteiger partial charge on any atom is 0.0585 e. The highest BCUT2D eigenvalue weighted by Crippen LogP contribution is 2.57. The number of fused-ring (bicyclic) bond motifs is 14. The third-order valence-electron chi connectivity index (χ3n) is 22.9. The van der Waals surface area contributed by atoms with Crippen molar-refractivity contribution in [2.24, 2.45) is 0 Å². The molecule has 0 radical (unpaired) electrons. The lowest BCUT2D eigenvalue weighted by Crippen LogP contribution is -2.16. The van der Waals surface area contributed by atoms with Gasteiger partial charge in [0, 0.05) is 83.6 Å². The van der Waals surface area contributed by atoms with Crippen LogP contribution in [0.4, 0.5) is 34.1 Å². The van der Waals surface area contributed by atoms with Gasteiger partial charge in [0.25, 0.3) is 0 Å². The van der Waals surface area contributed by atoms with Gasteiger partial charge in [0.1, 0.15) is 0 Å². The lowest BCUT2D eigenvalue weighted by Gasteiger charge is -2.28. The number of aromatic nitrogens is 2. The normalized spacial score (nSPS) is 13.7. The molecule has 20 rings (SSSR count). The fraction of sp³-hybridized carbons (Fsp3) is 0.0891. The fourth-order valence-electron chi connectivity index (χ4n) is 17.8. The molecule has 0 N–H and O–H groups in total. The number of para-hydroxylation sites is 3. The smallest absolute Gasteiger partial charge is 0.0585 e. The Bertz CT molecular complexity index is 6160. The zero-order valence-corrected chi connectivity index (χ0v) is 59.9. The molecule has 2 aromatic heterocycles. The summed E-state index contributed by atoms with van der Waals surface area (Å²) in [5.74, 6) is 0. The first kappa shape index (κ1) is 63.2. The van der Waals surface area contributed by atoms with Crippen molar-refractivity contribution >= 4 is 66.7 Å². The second-order valence-electron chi connectivity index (χ2n) is 30.0. The van der Waals surface area contributed by atoms with Crippen LogP contribution in [0.5, 0.6) is 0 Å². The molecule has 502 valence electrons. The van der Waals surface area contributed by atoms with Crippen LogP contribution in [-0.4, -0.2) is 9.13 Å². The second kappa shape index (κ2) is 24.8. The quantitative estimate of drug-likeness (QED) is 0.128. The molecule has 15 aromatic carbocycles. The van der Waals surface area contributed by atoms with Gasteiger partial charge in [-0.3, -0.25) is 0 Å². The summed E-state index contributed by atoms with van der Waals surface area (Å²) in [5.41, 5.74) is 34.9. The zero-order valence-electron chi connectivity index (χ0n) is 59.9. The summed E-state index contributed by atoms with van der Waals surface area (Å²) in [4.78, 5) is 4.70. The van der Waals surface area contributed by atoms with Crippen LogP contribution in [0, 0.1) is 0 Å². The van der Waals surface area contributed by atoms with E-state index >= 15 is 0 Å². The molecular weight excluding hydrogens is 1270 g/mol. The van der Waals surface area contributed by atoms with E-state index in [9.17, 15) is 0 Å². The first-order valence-corrected chi connectivity index (χ1v) is 36.8. The number of nitrogens with zero attached hydrogens (tertiary/aromatic N) is 4. The Morgan fingerprint density at radius 1 is 0.219 bits per heavy atom. The molecule has 4 heteroatoms. The van der Waals surface area contributed by atoms with E-state index in [1.54, 1.807) is 0 Å². The van der Waals surface area contributed by atoms with Gasteiger partial charge in [-0.25, -0.2) is 0 Å². The molecular formula is C101H78N4. The van der Waals surface area contributed by atoms with E-state index in [2.05, 4.69) is 424 Å². The lowest BCUT2D eigenvalue weighted by molar-refractivity contribution is 0.660. The van der Waals surface area contributed by atoms with Crippen LogP contribution in [0.3, 0.4) is 0 Å². The Morgan fingerprint density at radius 3 is 1.07 bits per heavy atom. The van der Waals surface area contributed by atoms with Crippen molar-refractivity contribution in [3.8, 4) is 78.4 Å². The molecule has 0 atom stereocenters. The first-order valence-electron chi connectivity index (χ1n) is 36.8. The van der Waals surface area contributed by atoms with Crippen LogP contribution in [0.1, 0.15) is 74.9 Å². The lowest BCUT2D eigenvalue weighted by atomic mass is 9.81. The number of hydrogen-bond donors (Lipinski definition) is 0. The van der Waals surface area contributed by atoms with Crippen molar-refractivity contribution in [2.45, 2.75) is 57.8 Å². The van der Waals surface area contributed by atoms with Crippen LogP contribution < -0.4 is 9.80 Å². The van der Waals surface area contributed by atoms with Gasteiger partial charge in [-0.2, -0.15) is 0 Å². The largest absolute Gasteiger partial charge is 0.311 e. The van der Waals surface area contributed by atoms with Crippen molar-refractivity contribution in [2.75, 3.05) is 9.80 Å². The van der Waals surface area contributed by atoms with Crippen LogP contribution in [0.15, 0.2) is 364 Å². The van der Waals surface area contributed by atoms with E-state index in [1.165, 1.54) is 144 Å². The summed E-state index contributed by atoms with van der Waals surface area (Å²) < 4.78 is 4.99. The molecule has 0 amide bonds. The van der Waals surface area contributed by atoms with E-state index in [0.29, 0.717) is 0 Å². The second-order valence-corrected chi connectivity index (χ2v) is 30.0. The van der Waals surface area contributed by atoms with Gasteiger partial charge in [-0.05, 0) is 210 Å². The summed E-state index contributed by atoms with van der Waals surface area (Å²) >= 11 is 0. The van der Waals surface area contributed by atoms with Crippen molar-refractivity contribution in [1.29, 1.82) is 0 Å². The predicted octanol–water partition coefficient (Wildman–Crippen LogP) is 27.3. The molecule has 0 unspecified atom stereocenters. The minimum atomic E-state index is -0.149. The third kappa shape index (κ3) is 10.3. The SMILES string of the molecule is CC1(C)c2ccccc2-c2c1c1cc(-c3ccc(N(c4ccccc4)c4ccccc4)cc3)ccc1n2-c1ccc2ccccc2c1.CC1(C)c2ccccc2-c2ccc(N(c3ccccc3)c3ccc(-c4ccc5c(c4)c4c(n5-c5ccc(-c6ccccc6)cc5)-c5ccccc5C4(C)C)cc3)cc21. The topological polar surface area (TPSA) is 16.3 Å². The molecule has 0 bridgehead atoms. The Hall–Kier alpha value is -12.8. The molecule has 105 heavy (non-hydrogen) atoms. The van der Waals surface area contributed by atoms with Gasteiger partial charge in [0.05, 0.1) is 22.4 Å². The summed E-state index contributed by atoms with van der Waals surface area (Å²) in [5, 5.41) is 5.13. The van der Waals surface area contributed by atoms with Crippen LogP contribution in [0.2, 0.25) is 0 Å². The minimum absolute atomic E-state index is 0.0759. The van der Waals surface area contributed by atoms with E-state index in [1.807, 2.05) is 0 Å². The van der Waals surface area contributed by atoms with Gasteiger partial charge in [0.2, 0.25) is 0 Å². The molecule has 0 saturated heterocycles. The van der Waals surface area contributed by atoms with E-state index in [4.69, 9.17) is 0 Å². The Morgan fingerprint density at radius 2 is 0.562 bits per heavy atom. The Balaban J connectivity index is 0.000000147. The van der Waals surface area contributed by atoms with Crippen molar-refractivity contribution in [3.63, 3.8) is 0 Å². The monoisotopic (exact) mass is 1350 g/mol.